The van der Waals surface area contributed by atoms with Crippen molar-refractivity contribution in [3.05, 3.63) is 69.8 Å². The van der Waals surface area contributed by atoms with Crippen molar-refractivity contribution in [3.63, 3.8) is 0 Å². The van der Waals surface area contributed by atoms with Gasteiger partial charge in [-0.05, 0) is 23.3 Å². The van der Waals surface area contributed by atoms with Crippen LogP contribution in [-0.2, 0) is 13.2 Å². The summed E-state index contributed by atoms with van der Waals surface area (Å²) in [5.74, 6) is -0.455. The molecular weight excluding hydrogens is 256 g/mol. The van der Waals surface area contributed by atoms with E-state index in [0.717, 1.165) is 0 Å². The summed E-state index contributed by atoms with van der Waals surface area (Å²) in [5, 5.41) is 18.6. The fourth-order valence-electron chi connectivity index (χ4n) is 2.53. The van der Waals surface area contributed by atoms with E-state index in [0.29, 0.717) is 22.3 Å². The number of carbonyl (C=O) groups excluding carboxylic acids is 2. The topological polar surface area (TPSA) is 74.6 Å². The molecule has 20 heavy (non-hydrogen) atoms. The van der Waals surface area contributed by atoms with Gasteiger partial charge >= 0.3 is 0 Å². The second kappa shape index (κ2) is 4.67. The van der Waals surface area contributed by atoms with Gasteiger partial charge in [-0.2, -0.15) is 0 Å². The standard InChI is InChI=1S/C16H12O4/c17-7-9-5-13-14(6-10(9)8-18)16(20)12-4-2-1-3-11(12)15(13)19/h1-6,17-18H,7-8H2. The molecular formula is C16H12O4. The Balaban J connectivity index is 2.28. The van der Waals surface area contributed by atoms with Gasteiger partial charge in [0.2, 0.25) is 0 Å². The van der Waals surface area contributed by atoms with Gasteiger partial charge < -0.3 is 10.2 Å². The normalized spacial score (nSPS) is 13.1. The third kappa shape index (κ3) is 1.70. The summed E-state index contributed by atoms with van der Waals surface area (Å²) in [5.41, 5.74) is 2.26. The van der Waals surface area contributed by atoms with E-state index < -0.39 is 0 Å². The van der Waals surface area contributed by atoms with E-state index in [4.69, 9.17) is 0 Å². The molecule has 1 aliphatic rings. The molecule has 0 amide bonds. The van der Waals surface area contributed by atoms with Crippen molar-refractivity contribution in [1.82, 2.24) is 0 Å². The van der Waals surface area contributed by atoms with Crippen molar-refractivity contribution in [2.75, 3.05) is 0 Å². The van der Waals surface area contributed by atoms with Crippen LogP contribution in [0.1, 0.15) is 43.0 Å². The maximum Gasteiger partial charge on any atom is 0.194 e. The highest BCUT2D eigenvalue weighted by molar-refractivity contribution is 6.28. The molecule has 0 fully saturated rings. The summed E-state index contributed by atoms with van der Waals surface area (Å²) in [6, 6.07) is 9.66. The highest BCUT2D eigenvalue weighted by Crippen LogP contribution is 2.29. The second-order valence-electron chi connectivity index (χ2n) is 4.69. The second-order valence-corrected chi connectivity index (χ2v) is 4.69. The molecule has 2 N–H and O–H groups in total. The van der Waals surface area contributed by atoms with E-state index in [-0.39, 0.29) is 35.9 Å². The van der Waals surface area contributed by atoms with Crippen LogP contribution in [0.2, 0.25) is 0 Å². The van der Waals surface area contributed by atoms with Crippen LogP contribution in [-0.4, -0.2) is 21.8 Å². The number of benzene rings is 2. The Morgan fingerprint density at radius 1 is 0.700 bits per heavy atom. The van der Waals surface area contributed by atoms with E-state index in [1.165, 1.54) is 12.1 Å². The molecule has 1 aliphatic carbocycles. The van der Waals surface area contributed by atoms with Crippen molar-refractivity contribution >= 4 is 11.6 Å². The van der Waals surface area contributed by atoms with Crippen LogP contribution >= 0.6 is 0 Å². The lowest BCUT2D eigenvalue weighted by Crippen LogP contribution is -2.21. The molecule has 0 saturated carbocycles. The summed E-state index contributed by atoms with van der Waals surface area (Å²) in [4.78, 5) is 24.8. The lowest BCUT2D eigenvalue weighted by molar-refractivity contribution is 0.0978. The minimum absolute atomic E-state index is 0.227. The van der Waals surface area contributed by atoms with Crippen LogP contribution in [0.5, 0.6) is 0 Å². The van der Waals surface area contributed by atoms with Gasteiger partial charge in [-0.1, -0.05) is 24.3 Å². The van der Waals surface area contributed by atoms with E-state index in [1.54, 1.807) is 24.3 Å². The van der Waals surface area contributed by atoms with Gasteiger partial charge in [0.25, 0.3) is 0 Å². The number of carbonyl (C=O) groups is 2. The van der Waals surface area contributed by atoms with E-state index in [2.05, 4.69) is 0 Å². The molecule has 0 bridgehead atoms. The van der Waals surface area contributed by atoms with E-state index in [9.17, 15) is 19.8 Å². The zero-order chi connectivity index (χ0) is 14.3. The number of rotatable bonds is 2. The summed E-state index contributed by atoms with van der Waals surface area (Å²) >= 11 is 0. The molecule has 100 valence electrons. The zero-order valence-corrected chi connectivity index (χ0v) is 10.6. The largest absolute Gasteiger partial charge is 0.392 e. The number of hydrogen-bond donors (Lipinski definition) is 2. The lowest BCUT2D eigenvalue weighted by Gasteiger charge is -2.19. The predicted octanol–water partition coefficient (Wildman–Crippen LogP) is 1.45. The molecule has 4 heteroatoms. The van der Waals surface area contributed by atoms with Gasteiger partial charge in [0.05, 0.1) is 13.2 Å². The number of fused-ring (bicyclic) bond motifs is 2. The molecule has 0 aromatic heterocycles. The van der Waals surface area contributed by atoms with Gasteiger partial charge in [0, 0.05) is 22.3 Å². The summed E-state index contributed by atoms with van der Waals surface area (Å²) in [6.07, 6.45) is 0. The Morgan fingerprint density at radius 2 is 1.10 bits per heavy atom. The first-order chi connectivity index (χ1) is 9.67. The monoisotopic (exact) mass is 268 g/mol. The van der Waals surface area contributed by atoms with Crippen molar-refractivity contribution in [3.8, 4) is 0 Å². The fourth-order valence-corrected chi connectivity index (χ4v) is 2.53. The van der Waals surface area contributed by atoms with Gasteiger partial charge in [0.1, 0.15) is 0 Å². The van der Waals surface area contributed by atoms with Crippen LogP contribution in [0.4, 0.5) is 0 Å². The number of ketones is 2. The predicted molar refractivity (Wildman–Crippen MR) is 71.6 cm³/mol. The van der Waals surface area contributed by atoms with Crippen molar-refractivity contribution < 1.29 is 19.8 Å². The Bertz CT molecular complexity index is 669. The zero-order valence-electron chi connectivity index (χ0n) is 10.6. The fraction of sp³-hybridized carbons (Fsp3) is 0.125. The SMILES string of the molecule is O=C1c2ccccc2C(=O)c2cc(CO)c(CO)cc21. The first-order valence-electron chi connectivity index (χ1n) is 6.23. The molecule has 0 aliphatic heterocycles. The average molecular weight is 268 g/mol. The Morgan fingerprint density at radius 3 is 1.45 bits per heavy atom. The summed E-state index contributed by atoms with van der Waals surface area (Å²) in [6.45, 7) is -0.571. The molecule has 0 spiro atoms. The minimum atomic E-state index is -0.285. The van der Waals surface area contributed by atoms with E-state index in [1.807, 2.05) is 0 Å². The van der Waals surface area contributed by atoms with Gasteiger partial charge in [-0.25, -0.2) is 0 Å². The molecule has 2 aromatic rings. The number of aliphatic hydroxyl groups is 2. The van der Waals surface area contributed by atoms with Crippen LogP contribution in [0.15, 0.2) is 36.4 Å². The van der Waals surface area contributed by atoms with Crippen molar-refractivity contribution in [1.29, 1.82) is 0 Å². The molecule has 0 unspecified atom stereocenters. The smallest absolute Gasteiger partial charge is 0.194 e. The molecule has 0 atom stereocenters. The highest BCUT2D eigenvalue weighted by atomic mass is 16.3. The Labute approximate surface area is 115 Å². The summed E-state index contributed by atoms with van der Waals surface area (Å²) in [7, 11) is 0. The minimum Gasteiger partial charge on any atom is -0.392 e. The lowest BCUT2D eigenvalue weighted by atomic mass is 9.82. The van der Waals surface area contributed by atoms with Crippen LogP contribution in [0.3, 0.4) is 0 Å². The average Bonchev–Trinajstić information content (AvgIpc) is 2.51. The van der Waals surface area contributed by atoms with Gasteiger partial charge in [-0.15, -0.1) is 0 Å². The van der Waals surface area contributed by atoms with E-state index >= 15 is 0 Å². The third-order valence-corrected chi connectivity index (χ3v) is 3.59. The maximum atomic E-state index is 12.4. The number of hydrogen-bond acceptors (Lipinski definition) is 4. The first-order valence-corrected chi connectivity index (χ1v) is 6.23. The molecule has 2 aromatic carbocycles. The maximum absolute atomic E-state index is 12.4. The summed E-state index contributed by atoms with van der Waals surface area (Å²) < 4.78 is 0. The Kier molecular flexibility index (Phi) is 2.97. The Hall–Kier alpha value is -2.30. The molecule has 0 radical (unpaired) electrons. The highest BCUT2D eigenvalue weighted by Gasteiger charge is 2.30. The van der Waals surface area contributed by atoms with Crippen molar-refractivity contribution in [2.24, 2.45) is 0 Å². The third-order valence-electron chi connectivity index (χ3n) is 3.59. The van der Waals surface area contributed by atoms with Gasteiger partial charge in [0.15, 0.2) is 11.6 Å². The molecule has 0 heterocycles. The van der Waals surface area contributed by atoms with Crippen LogP contribution in [0.25, 0.3) is 0 Å². The van der Waals surface area contributed by atoms with Crippen LogP contribution < -0.4 is 0 Å². The molecule has 4 nitrogen and oxygen atoms in total. The molecule has 0 saturated heterocycles. The van der Waals surface area contributed by atoms with Crippen LogP contribution in [0, 0.1) is 0 Å². The number of aliphatic hydroxyl groups excluding tert-OH is 2. The molecule has 3 rings (SSSR count). The quantitative estimate of drug-likeness (QED) is 0.737. The van der Waals surface area contributed by atoms with Gasteiger partial charge in [-0.3, -0.25) is 9.59 Å². The van der Waals surface area contributed by atoms with Crippen molar-refractivity contribution in [2.45, 2.75) is 13.2 Å². The first kappa shape index (κ1) is 12.7.